The van der Waals surface area contributed by atoms with Crippen LogP contribution in [0.3, 0.4) is 0 Å². The van der Waals surface area contributed by atoms with Gasteiger partial charge in [-0.1, -0.05) is 18.2 Å². The summed E-state index contributed by atoms with van der Waals surface area (Å²) in [6, 6.07) is 13.4. The van der Waals surface area contributed by atoms with Crippen molar-refractivity contribution in [3.8, 4) is 0 Å². The summed E-state index contributed by atoms with van der Waals surface area (Å²) in [4.78, 5) is 4.72. The van der Waals surface area contributed by atoms with E-state index >= 15 is 0 Å². The fourth-order valence-corrected chi connectivity index (χ4v) is 5.57. The summed E-state index contributed by atoms with van der Waals surface area (Å²) in [5, 5.41) is 1.22. The Kier molecular flexibility index (Phi) is 6.62. The van der Waals surface area contributed by atoms with E-state index in [1.165, 1.54) is 28.3 Å². The number of hydrogen-bond donors (Lipinski definition) is 1. The first kappa shape index (κ1) is 21.2. The minimum Gasteiger partial charge on any atom is -0.353 e. The second-order valence-electron chi connectivity index (χ2n) is 7.39. The molecule has 0 radical (unpaired) electrons. The number of unbranched alkanes of at least 4 members (excludes halogenated alkanes) is 1. The number of nitrogens with one attached hydrogen (secondary N) is 1. The number of halogens is 1. The zero-order valence-corrected chi connectivity index (χ0v) is 18.3. The Bertz CT molecular complexity index is 1100. The van der Waals surface area contributed by atoms with E-state index in [1.54, 1.807) is 11.5 Å². The normalized spacial score (nSPS) is 15.7. The van der Waals surface area contributed by atoms with Gasteiger partial charge in [0, 0.05) is 38.1 Å². The molecule has 6 nitrogen and oxygen atoms in total. The summed E-state index contributed by atoms with van der Waals surface area (Å²) >= 11 is 1.55. The van der Waals surface area contributed by atoms with Crippen molar-refractivity contribution in [3.63, 3.8) is 0 Å². The zero-order valence-electron chi connectivity index (χ0n) is 16.6. The Morgan fingerprint density at radius 3 is 2.63 bits per heavy atom. The minimum absolute atomic E-state index is 0.0341. The highest BCUT2D eigenvalue weighted by Gasteiger charge is 2.20. The Labute approximate surface area is 180 Å². The van der Waals surface area contributed by atoms with Crippen molar-refractivity contribution < 1.29 is 12.8 Å². The summed E-state index contributed by atoms with van der Waals surface area (Å²) in [7, 11) is -3.65. The summed E-state index contributed by atoms with van der Waals surface area (Å²) in [6.45, 7) is 5.12. The van der Waals surface area contributed by atoms with Crippen LogP contribution in [-0.4, -0.2) is 57.0 Å². The number of hydrogen-bond acceptors (Lipinski definition) is 6. The molecule has 1 aliphatic rings. The Morgan fingerprint density at radius 1 is 1.03 bits per heavy atom. The van der Waals surface area contributed by atoms with Crippen LogP contribution in [0.25, 0.3) is 10.1 Å². The zero-order chi connectivity index (χ0) is 21.0. The number of rotatable bonds is 8. The molecular weight excluding hydrogens is 423 g/mol. The van der Waals surface area contributed by atoms with Crippen molar-refractivity contribution in [2.75, 3.05) is 44.2 Å². The van der Waals surface area contributed by atoms with E-state index in [0.717, 1.165) is 57.4 Å². The van der Waals surface area contributed by atoms with Crippen molar-refractivity contribution in [1.82, 2.24) is 14.0 Å². The van der Waals surface area contributed by atoms with E-state index in [9.17, 15) is 12.8 Å². The average Bonchev–Trinajstić information content (AvgIpc) is 3.18. The molecule has 9 heteroatoms. The van der Waals surface area contributed by atoms with E-state index in [4.69, 9.17) is 0 Å². The Balaban J connectivity index is 1.18. The largest absolute Gasteiger partial charge is 0.353 e. The summed E-state index contributed by atoms with van der Waals surface area (Å²) in [6.07, 6.45) is 1.65. The first-order valence-electron chi connectivity index (χ1n) is 10.1. The number of aromatic nitrogens is 1. The highest BCUT2D eigenvalue weighted by atomic mass is 32.2. The number of anilines is 1. The van der Waals surface area contributed by atoms with Crippen LogP contribution in [0.1, 0.15) is 12.8 Å². The second kappa shape index (κ2) is 9.38. The highest BCUT2D eigenvalue weighted by Crippen LogP contribution is 2.29. The topological polar surface area (TPSA) is 65.5 Å². The molecule has 160 valence electrons. The van der Waals surface area contributed by atoms with Gasteiger partial charge in [0.15, 0.2) is 0 Å². The van der Waals surface area contributed by atoms with Gasteiger partial charge in [0.2, 0.25) is 10.0 Å². The lowest BCUT2D eigenvalue weighted by atomic mass is 10.2. The number of sulfonamides is 1. The van der Waals surface area contributed by atoms with Crippen LogP contribution in [0.2, 0.25) is 0 Å². The van der Waals surface area contributed by atoms with E-state index < -0.39 is 15.8 Å². The van der Waals surface area contributed by atoms with Gasteiger partial charge < -0.3 is 4.90 Å². The SMILES string of the molecule is O=S(=O)(NCCCCN1CCN(c2nsc3ccccc23)CC1)c1cccc(F)c1. The molecule has 0 bridgehead atoms. The molecule has 0 saturated carbocycles. The van der Waals surface area contributed by atoms with Gasteiger partial charge in [-0.05, 0) is 61.3 Å². The predicted octanol–water partition coefficient (Wildman–Crippen LogP) is 3.32. The van der Waals surface area contributed by atoms with Gasteiger partial charge in [-0.3, -0.25) is 4.90 Å². The molecule has 2 heterocycles. The van der Waals surface area contributed by atoms with Crippen molar-refractivity contribution in [2.45, 2.75) is 17.7 Å². The minimum atomic E-state index is -3.65. The Hall–Kier alpha value is -2.07. The molecule has 3 aromatic rings. The van der Waals surface area contributed by atoms with Gasteiger partial charge in [0.1, 0.15) is 11.6 Å². The van der Waals surface area contributed by atoms with E-state index in [-0.39, 0.29) is 4.90 Å². The van der Waals surface area contributed by atoms with Crippen LogP contribution in [0.15, 0.2) is 53.4 Å². The van der Waals surface area contributed by atoms with Gasteiger partial charge in [-0.15, -0.1) is 0 Å². The van der Waals surface area contributed by atoms with Gasteiger partial charge in [0.25, 0.3) is 0 Å². The quantitative estimate of drug-likeness (QED) is 0.536. The van der Waals surface area contributed by atoms with E-state index in [0.29, 0.717) is 6.54 Å². The first-order valence-corrected chi connectivity index (χ1v) is 12.4. The summed E-state index contributed by atoms with van der Waals surface area (Å²) in [5.74, 6) is 0.532. The van der Waals surface area contributed by atoms with E-state index in [2.05, 4.69) is 37.1 Å². The smallest absolute Gasteiger partial charge is 0.240 e. The molecule has 30 heavy (non-hydrogen) atoms. The fraction of sp³-hybridized carbons (Fsp3) is 0.381. The summed E-state index contributed by atoms with van der Waals surface area (Å²) < 4.78 is 46.0. The molecule has 0 aliphatic carbocycles. The fourth-order valence-electron chi connectivity index (χ4n) is 3.67. The third-order valence-corrected chi connectivity index (χ3v) is 7.61. The van der Waals surface area contributed by atoms with Gasteiger partial charge in [-0.2, -0.15) is 4.37 Å². The van der Waals surface area contributed by atoms with Crippen LogP contribution in [-0.2, 0) is 10.0 Å². The van der Waals surface area contributed by atoms with Crippen molar-refractivity contribution in [2.24, 2.45) is 0 Å². The third kappa shape index (κ3) is 4.97. The molecule has 4 rings (SSSR count). The number of piperazine rings is 1. The lowest BCUT2D eigenvalue weighted by molar-refractivity contribution is 0.253. The molecular formula is C21H25FN4O2S2. The monoisotopic (exact) mass is 448 g/mol. The van der Waals surface area contributed by atoms with Crippen molar-refractivity contribution >= 4 is 37.5 Å². The maximum Gasteiger partial charge on any atom is 0.240 e. The second-order valence-corrected chi connectivity index (χ2v) is 9.97. The lowest BCUT2D eigenvalue weighted by Crippen LogP contribution is -2.46. The Morgan fingerprint density at radius 2 is 1.83 bits per heavy atom. The number of benzene rings is 2. The number of nitrogens with zero attached hydrogens (tertiary/aromatic N) is 3. The molecule has 1 aromatic heterocycles. The molecule has 2 aromatic carbocycles. The maximum absolute atomic E-state index is 13.2. The van der Waals surface area contributed by atoms with Gasteiger partial charge in [-0.25, -0.2) is 17.5 Å². The van der Waals surface area contributed by atoms with Crippen molar-refractivity contribution in [3.05, 3.63) is 54.3 Å². The molecule has 1 fully saturated rings. The van der Waals surface area contributed by atoms with Crippen molar-refractivity contribution in [1.29, 1.82) is 0 Å². The van der Waals surface area contributed by atoms with Crippen LogP contribution < -0.4 is 9.62 Å². The molecule has 0 spiro atoms. The van der Waals surface area contributed by atoms with E-state index in [1.807, 2.05) is 6.07 Å². The number of fused-ring (bicyclic) bond motifs is 1. The third-order valence-electron chi connectivity index (χ3n) is 5.33. The first-order chi connectivity index (χ1) is 14.5. The lowest BCUT2D eigenvalue weighted by Gasteiger charge is -2.35. The molecule has 1 aliphatic heterocycles. The highest BCUT2D eigenvalue weighted by molar-refractivity contribution is 7.89. The van der Waals surface area contributed by atoms with Crippen LogP contribution >= 0.6 is 11.5 Å². The maximum atomic E-state index is 13.2. The standard InChI is InChI=1S/C21H25FN4O2S2/c22-17-6-5-7-18(16-17)30(27,28)23-10-3-4-11-25-12-14-26(15-13-25)21-19-8-1-2-9-20(19)29-24-21/h1-2,5-9,16,23H,3-4,10-15H2. The van der Waals surface area contributed by atoms with Crippen LogP contribution in [0, 0.1) is 5.82 Å². The van der Waals surface area contributed by atoms with Crippen LogP contribution in [0.4, 0.5) is 10.2 Å². The predicted molar refractivity (Wildman–Crippen MR) is 119 cm³/mol. The molecule has 0 atom stereocenters. The van der Waals surface area contributed by atoms with Gasteiger partial charge in [0.05, 0.1) is 9.60 Å². The molecule has 1 saturated heterocycles. The van der Waals surface area contributed by atoms with Gasteiger partial charge >= 0.3 is 0 Å². The average molecular weight is 449 g/mol. The molecule has 0 unspecified atom stereocenters. The van der Waals surface area contributed by atoms with Crippen LogP contribution in [0.5, 0.6) is 0 Å². The summed E-state index contributed by atoms with van der Waals surface area (Å²) in [5.41, 5.74) is 0. The molecule has 0 amide bonds. The molecule has 1 N–H and O–H groups in total.